The van der Waals surface area contributed by atoms with Crippen molar-refractivity contribution in [3.63, 3.8) is 0 Å². The van der Waals surface area contributed by atoms with Gasteiger partial charge in [-0.05, 0) is 35.7 Å². The molecule has 4 rings (SSSR count). The van der Waals surface area contributed by atoms with Gasteiger partial charge in [-0.25, -0.2) is 4.98 Å². The number of phenolic OH excluding ortho intramolecular Hbond substituents is 1. The Morgan fingerprint density at radius 3 is 2.44 bits per heavy atom. The first-order valence-corrected chi connectivity index (χ1v) is 8.07. The number of phenols is 1. The zero-order valence-corrected chi connectivity index (χ0v) is 16.3. The fraction of sp³-hybridized carbons (Fsp3) is 0. The van der Waals surface area contributed by atoms with Crippen LogP contribution in [0, 0.1) is 0 Å². The second-order valence-electron chi connectivity index (χ2n) is 5.75. The van der Waals surface area contributed by atoms with Crippen LogP contribution >= 0.6 is 0 Å². The smallest absolute Gasteiger partial charge is 0.143 e. The van der Waals surface area contributed by atoms with E-state index in [1.807, 2.05) is 42.5 Å². The van der Waals surface area contributed by atoms with Crippen molar-refractivity contribution in [3.8, 4) is 22.8 Å². The standard InChI is InChI=1S/C21H15N3O2.Pt/c25-19-9-2-5-14-4-1-8-18(21(14)19)23-12-15-6-3-7-17(24-15)16-10-11-22-13-20(16)26;/h1-13,25-26H;. The minimum Gasteiger partial charge on any atom is -0.507 e. The SMILES string of the molecule is Oc1cnccc1-c1cccc(C=Nc2cccc3cccc(O)c23)n1.[Pt]. The third-order valence-electron chi connectivity index (χ3n) is 4.04. The molecule has 136 valence electrons. The van der Waals surface area contributed by atoms with Gasteiger partial charge in [0.15, 0.2) is 0 Å². The van der Waals surface area contributed by atoms with Crippen molar-refractivity contribution in [1.29, 1.82) is 0 Å². The molecule has 0 unspecified atom stereocenters. The first-order chi connectivity index (χ1) is 12.7. The molecule has 5 nitrogen and oxygen atoms in total. The third-order valence-corrected chi connectivity index (χ3v) is 4.04. The molecule has 0 saturated carbocycles. The van der Waals surface area contributed by atoms with Crippen LogP contribution in [0.3, 0.4) is 0 Å². The summed E-state index contributed by atoms with van der Waals surface area (Å²) in [5.74, 6) is 0.270. The zero-order chi connectivity index (χ0) is 17.9. The summed E-state index contributed by atoms with van der Waals surface area (Å²) < 4.78 is 0. The van der Waals surface area contributed by atoms with E-state index < -0.39 is 0 Å². The minimum atomic E-state index is 0. The number of benzene rings is 2. The summed E-state index contributed by atoms with van der Waals surface area (Å²) in [5.41, 5.74) is 2.55. The number of fused-ring (bicyclic) bond motifs is 1. The van der Waals surface area contributed by atoms with E-state index >= 15 is 0 Å². The van der Waals surface area contributed by atoms with E-state index in [0.29, 0.717) is 28.0 Å². The summed E-state index contributed by atoms with van der Waals surface area (Å²) in [7, 11) is 0. The van der Waals surface area contributed by atoms with E-state index in [1.54, 1.807) is 30.6 Å². The van der Waals surface area contributed by atoms with E-state index in [0.717, 1.165) is 5.39 Å². The average Bonchev–Trinajstić information content (AvgIpc) is 2.67. The number of rotatable bonds is 3. The number of hydrogen-bond acceptors (Lipinski definition) is 5. The normalized spacial score (nSPS) is 10.8. The van der Waals surface area contributed by atoms with Gasteiger partial charge in [0.1, 0.15) is 11.5 Å². The Morgan fingerprint density at radius 1 is 0.852 bits per heavy atom. The van der Waals surface area contributed by atoms with Crippen LogP contribution in [-0.2, 0) is 21.1 Å². The van der Waals surface area contributed by atoms with Crippen LogP contribution in [0.25, 0.3) is 22.0 Å². The quantitative estimate of drug-likeness (QED) is 0.379. The molecule has 2 N–H and O–H groups in total. The first kappa shape index (κ1) is 18.7. The predicted octanol–water partition coefficient (Wildman–Crippen LogP) is 4.46. The van der Waals surface area contributed by atoms with E-state index in [2.05, 4.69) is 15.0 Å². The van der Waals surface area contributed by atoms with Crippen LogP contribution in [0.5, 0.6) is 11.5 Å². The fourth-order valence-electron chi connectivity index (χ4n) is 2.82. The van der Waals surface area contributed by atoms with Crippen molar-refractivity contribution in [1.82, 2.24) is 9.97 Å². The summed E-state index contributed by atoms with van der Waals surface area (Å²) in [6.07, 6.45) is 4.63. The van der Waals surface area contributed by atoms with Gasteiger partial charge < -0.3 is 10.2 Å². The van der Waals surface area contributed by atoms with Gasteiger partial charge in [0.25, 0.3) is 0 Å². The maximum atomic E-state index is 10.1. The van der Waals surface area contributed by atoms with Gasteiger partial charge in [0, 0.05) is 38.2 Å². The van der Waals surface area contributed by atoms with E-state index in [1.165, 1.54) is 6.20 Å². The predicted molar refractivity (Wildman–Crippen MR) is 102 cm³/mol. The van der Waals surface area contributed by atoms with E-state index in [-0.39, 0.29) is 32.6 Å². The molecule has 6 heteroatoms. The molecule has 0 amide bonds. The molecule has 0 aliphatic heterocycles. The summed E-state index contributed by atoms with van der Waals surface area (Å²) in [6, 6.07) is 18.3. The van der Waals surface area contributed by atoms with Crippen molar-refractivity contribution >= 4 is 22.7 Å². The molecule has 0 saturated heterocycles. The Bertz CT molecular complexity index is 1120. The van der Waals surface area contributed by atoms with Crippen LogP contribution in [0.4, 0.5) is 5.69 Å². The summed E-state index contributed by atoms with van der Waals surface area (Å²) >= 11 is 0. The Morgan fingerprint density at radius 2 is 1.63 bits per heavy atom. The van der Waals surface area contributed by atoms with Gasteiger partial charge in [0.05, 0.1) is 29.5 Å². The van der Waals surface area contributed by atoms with Crippen molar-refractivity contribution in [2.24, 2.45) is 4.99 Å². The van der Waals surface area contributed by atoms with E-state index in [4.69, 9.17) is 0 Å². The van der Waals surface area contributed by atoms with Crippen molar-refractivity contribution in [3.05, 3.63) is 78.8 Å². The molecule has 0 fully saturated rings. The fourth-order valence-corrected chi connectivity index (χ4v) is 2.82. The molecular formula is C21H15N3O2Pt. The van der Waals surface area contributed by atoms with Crippen LogP contribution in [-0.4, -0.2) is 26.4 Å². The van der Waals surface area contributed by atoms with Gasteiger partial charge in [-0.1, -0.05) is 30.3 Å². The average molecular weight is 536 g/mol. The van der Waals surface area contributed by atoms with Crippen LogP contribution < -0.4 is 0 Å². The summed E-state index contributed by atoms with van der Waals surface area (Å²) in [6.45, 7) is 0. The van der Waals surface area contributed by atoms with Gasteiger partial charge in [0.2, 0.25) is 0 Å². The zero-order valence-electron chi connectivity index (χ0n) is 14.1. The van der Waals surface area contributed by atoms with Crippen molar-refractivity contribution < 1.29 is 31.3 Å². The monoisotopic (exact) mass is 536 g/mol. The van der Waals surface area contributed by atoms with Crippen LogP contribution in [0.2, 0.25) is 0 Å². The molecule has 2 aromatic carbocycles. The second kappa shape index (κ2) is 8.10. The van der Waals surface area contributed by atoms with E-state index in [9.17, 15) is 10.2 Å². The minimum absolute atomic E-state index is 0. The molecule has 0 aliphatic carbocycles. The molecule has 0 radical (unpaired) electrons. The molecule has 0 spiro atoms. The Hall–Kier alpha value is -3.04. The Balaban J connectivity index is 0.00000210. The van der Waals surface area contributed by atoms with Gasteiger partial charge in [-0.15, -0.1) is 0 Å². The first-order valence-electron chi connectivity index (χ1n) is 8.07. The topological polar surface area (TPSA) is 78.6 Å². The molecule has 4 aromatic rings. The molecule has 0 bridgehead atoms. The number of pyridine rings is 2. The Labute approximate surface area is 170 Å². The molecule has 27 heavy (non-hydrogen) atoms. The van der Waals surface area contributed by atoms with Gasteiger partial charge in [-0.2, -0.15) is 0 Å². The number of aromatic hydroxyl groups is 2. The molecular weight excluding hydrogens is 521 g/mol. The van der Waals surface area contributed by atoms with Gasteiger partial charge in [-0.3, -0.25) is 9.98 Å². The Kier molecular flexibility index (Phi) is 5.63. The largest absolute Gasteiger partial charge is 0.507 e. The number of nitrogens with zero attached hydrogens (tertiary/aromatic N) is 3. The molecule has 0 aliphatic rings. The maximum Gasteiger partial charge on any atom is 0.143 e. The molecule has 0 atom stereocenters. The van der Waals surface area contributed by atoms with Crippen LogP contribution in [0.1, 0.15) is 5.69 Å². The summed E-state index contributed by atoms with van der Waals surface area (Å²) in [5, 5.41) is 21.7. The van der Waals surface area contributed by atoms with Crippen molar-refractivity contribution in [2.45, 2.75) is 0 Å². The number of aliphatic imine (C=N–C) groups is 1. The maximum absolute atomic E-state index is 10.1. The van der Waals surface area contributed by atoms with Gasteiger partial charge >= 0.3 is 0 Å². The molecule has 2 heterocycles. The number of hydrogen-bond donors (Lipinski definition) is 2. The second-order valence-corrected chi connectivity index (χ2v) is 5.75. The van der Waals surface area contributed by atoms with Crippen molar-refractivity contribution in [2.75, 3.05) is 0 Å². The number of aromatic nitrogens is 2. The van der Waals surface area contributed by atoms with Crippen LogP contribution in [0.15, 0.2) is 78.0 Å². The molecule has 2 aromatic heterocycles. The third kappa shape index (κ3) is 3.88. The summed E-state index contributed by atoms with van der Waals surface area (Å²) in [4.78, 5) is 12.9.